The largest absolute Gasteiger partial charge is 0.508 e. The van der Waals surface area contributed by atoms with E-state index in [1.54, 1.807) is 0 Å². The van der Waals surface area contributed by atoms with Crippen molar-refractivity contribution in [2.24, 2.45) is 0 Å². The van der Waals surface area contributed by atoms with Gasteiger partial charge in [0.25, 0.3) is 0 Å². The fourth-order valence-electron chi connectivity index (χ4n) is 10.4. The second kappa shape index (κ2) is 64.3. The van der Waals surface area contributed by atoms with Gasteiger partial charge in [-0.2, -0.15) is 0 Å². The maximum Gasteiger partial charge on any atom is 0.508 e. The Morgan fingerprint density at radius 1 is 0.256 bits per heavy atom. The monoisotopic (exact) mass is 1220 g/mol. The van der Waals surface area contributed by atoms with E-state index >= 15 is 0 Å². The van der Waals surface area contributed by atoms with Crippen LogP contribution in [0.4, 0.5) is 9.59 Å². The van der Waals surface area contributed by atoms with Crippen LogP contribution in [-0.4, -0.2) is 137 Å². The SMILES string of the molecule is CCCCCCCCCCOC(=O)CCCC(CCCC(=O)OCCCCCCCCCC)OC(=O)OCCN(CCOC(=O)OC(CCCC(=O)OCCCCCCCCCC)CCCC(=O)OCCCCCCCCCC)CCN(CC)CC. The van der Waals surface area contributed by atoms with Gasteiger partial charge in [0.2, 0.25) is 0 Å². The molecule has 0 fully saturated rings. The molecule has 0 aliphatic carbocycles. The van der Waals surface area contributed by atoms with Crippen molar-refractivity contribution in [3.8, 4) is 0 Å². The van der Waals surface area contributed by atoms with Gasteiger partial charge >= 0.3 is 36.2 Å². The minimum atomic E-state index is -0.826. The summed E-state index contributed by atoms with van der Waals surface area (Å²) in [5, 5.41) is 0. The van der Waals surface area contributed by atoms with Crippen molar-refractivity contribution in [3.63, 3.8) is 0 Å². The molecule has 0 N–H and O–H groups in total. The second-order valence-electron chi connectivity index (χ2n) is 23.9. The maximum absolute atomic E-state index is 13.3. The molecule has 16 heteroatoms. The Hall–Kier alpha value is -3.66. The Bertz CT molecular complexity index is 1380. The molecule has 0 aliphatic rings. The summed E-state index contributed by atoms with van der Waals surface area (Å²) in [6.07, 6.45) is 38.7. The van der Waals surface area contributed by atoms with Gasteiger partial charge in [-0.05, 0) is 90.1 Å². The van der Waals surface area contributed by atoms with Crippen LogP contribution >= 0.6 is 0 Å². The van der Waals surface area contributed by atoms with E-state index in [2.05, 4.69) is 51.3 Å². The molecule has 86 heavy (non-hydrogen) atoms. The molecule has 0 spiro atoms. The summed E-state index contributed by atoms with van der Waals surface area (Å²) in [6.45, 7) is 18.5. The number of hydrogen-bond acceptors (Lipinski definition) is 16. The number of nitrogens with zero attached hydrogens (tertiary/aromatic N) is 2. The van der Waals surface area contributed by atoms with Gasteiger partial charge in [-0.25, -0.2) is 9.59 Å². The van der Waals surface area contributed by atoms with Gasteiger partial charge in [0.15, 0.2) is 0 Å². The van der Waals surface area contributed by atoms with Gasteiger partial charge in [-0.3, -0.25) is 24.1 Å². The van der Waals surface area contributed by atoms with Gasteiger partial charge in [0.05, 0.1) is 26.4 Å². The van der Waals surface area contributed by atoms with E-state index in [-0.39, 0.29) is 62.8 Å². The van der Waals surface area contributed by atoms with Crippen molar-refractivity contribution in [2.75, 3.05) is 78.9 Å². The summed E-state index contributed by atoms with van der Waals surface area (Å²) < 4.78 is 45.0. The van der Waals surface area contributed by atoms with Gasteiger partial charge in [0.1, 0.15) is 25.4 Å². The first-order valence-corrected chi connectivity index (χ1v) is 35.7. The molecular formula is C70H132N2O14. The molecule has 0 bridgehead atoms. The summed E-state index contributed by atoms with van der Waals surface area (Å²) in [4.78, 5) is 81.5. The summed E-state index contributed by atoms with van der Waals surface area (Å²) in [7, 11) is 0. The normalized spacial score (nSPS) is 11.4. The Labute approximate surface area is 525 Å². The first kappa shape index (κ1) is 82.3. The van der Waals surface area contributed by atoms with Crippen molar-refractivity contribution < 1.29 is 66.7 Å². The fourth-order valence-corrected chi connectivity index (χ4v) is 10.4. The molecule has 0 heterocycles. The molecule has 0 amide bonds. The molecule has 0 radical (unpaired) electrons. The average molecular weight is 1230 g/mol. The third-order valence-corrected chi connectivity index (χ3v) is 16.1. The molecule has 506 valence electrons. The number of unbranched alkanes of at least 4 members (excludes halogenated alkanes) is 28. The Morgan fingerprint density at radius 3 is 0.733 bits per heavy atom. The molecule has 0 aliphatic heterocycles. The van der Waals surface area contributed by atoms with Gasteiger partial charge in [0, 0.05) is 51.9 Å². The Morgan fingerprint density at radius 2 is 0.488 bits per heavy atom. The van der Waals surface area contributed by atoms with Crippen molar-refractivity contribution in [1.29, 1.82) is 0 Å². The number of carbonyl (C=O) groups excluding carboxylic acids is 6. The summed E-state index contributed by atoms with van der Waals surface area (Å²) >= 11 is 0. The Kier molecular flexibility index (Phi) is 61.6. The fraction of sp³-hybridized carbons (Fsp3) is 0.914. The molecule has 0 aromatic carbocycles. The quantitative estimate of drug-likeness (QED) is 0.0318. The summed E-state index contributed by atoms with van der Waals surface area (Å²) in [6, 6.07) is 0. The van der Waals surface area contributed by atoms with Crippen LogP contribution in [0.3, 0.4) is 0 Å². The second-order valence-corrected chi connectivity index (χ2v) is 23.9. The van der Waals surface area contributed by atoms with Gasteiger partial charge < -0.3 is 42.8 Å². The van der Waals surface area contributed by atoms with Crippen molar-refractivity contribution in [1.82, 2.24) is 9.80 Å². The predicted octanol–water partition coefficient (Wildman–Crippen LogP) is 18.1. The maximum atomic E-state index is 13.3. The van der Waals surface area contributed by atoms with Crippen LogP contribution < -0.4 is 0 Å². The van der Waals surface area contributed by atoms with E-state index in [0.717, 1.165) is 96.7 Å². The third-order valence-electron chi connectivity index (χ3n) is 16.1. The third kappa shape index (κ3) is 58.0. The standard InChI is InChI=1S/C70H132N2O14/c1-7-13-17-21-25-29-33-37-57-79-65(73)49-41-45-63(46-42-50-66(74)80-58-38-34-30-26-22-18-14-8-2)85-69(77)83-61-55-72(54-53-71(11-5)12-6)56-62-84-70(78)86-64(47-43-51-67(75)81-59-39-35-31-27-23-19-15-9-3)48-44-52-68(76)82-60-40-36-32-28-24-20-16-10-4/h63-64H,7-62H2,1-6H3. The smallest absolute Gasteiger partial charge is 0.466 e. The molecule has 0 rings (SSSR count). The summed E-state index contributed by atoms with van der Waals surface area (Å²) in [5.41, 5.74) is 0. The van der Waals surface area contributed by atoms with Gasteiger partial charge in [-0.15, -0.1) is 0 Å². The minimum absolute atomic E-state index is 0.0234. The number of esters is 4. The molecule has 16 nitrogen and oxygen atoms in total. The molecule has 0 saturated heterocycles. The molecule has 0 aromatic rings. The van der Waals surface area contributed by atoms with E-state index in [9.17, 15) is 28.8 Å². The van der Waals surface area contributed by atoms with Crippen molar-refractivity contribution in [3.05, 3.63) is 0 Å². The van der Waals surface area contributed by atoms with Crippen LogP contribution in [0.1, 0.15) is 324 Å². The zero-order valence-electron chi connectivity index (χ0n) is 56.4. The van der Waals surface area contributed by atoms with E-state index in [4.69, 9.17) is 37.9 Å². The summed E-state index contributed by atoms with van der Waals surface area (Å²) in [5.74, 6) is -1.07. The molecule has 0 aromatic heterocycles. The lowest BCUT2D eigenvalue weighted by Crippen LogP contribution is -2.39. The van der Waals surface area contributed by atoms with Crippen LogP contribution in [0.2, 0.25) is 0 Å². The minimum Gasteiger partial charge on any atom is -0.466 e. The van der Waals surface area contributed by atoms with E-state index in [1.807, 2.05) is 0 Å². The zero-order chi connectivity index (χ0) is 63.0. The highest BCUT2D eigenvalue weighted by Gasteiger charge is 2.21. The number of carbonyl (C=O) groups is 6. The molecule has 0 unspecified atom stereocenters. The number of likely N-dealkylation sites (N-methyl/N-ethyl adjacent to an activating group) is 1. The lowest BCUT2D eigenvalue weighted by Gasteiger charge is -2.26. The first-order valence-electron chi connectivity index (χ1n) is 35.7. The highest BCUT2D eigenvalue weighted by molar-refractivity contribution is 5.70. The Balaban J connectivity index is 5.46. The lowest BCUT2D eigenvalue weighted by molar-refractivity contribution is -0.145. The average Bonchev–Trinajstić information content (AvgIpc) is 3.50. The zero-order valence-corrected chi connectivity index (χ0v) is 56.4. The lowest BCUT2D eigenvalue weighted by atomic mass is 10.1. The number of ether oxygens (including phenoxy) is 8. The highest BCUT2D eigenvalue weighted by Crippen LogP contribution is 2.19. The highest BCUT2D eigenvalue weighted by atomic mass is 16.7. The van der Waals surface area contributed by atoms with Crippen molar-refractivity contribution >= 4 is 36.2 Å². The van der Waals surface area contributed by atoms with Crippen LogP contribution in [0.25, 0.3) is 0 Å². The topological polar surface area (TPSA) is 183 Å². The molecule has 0 atom stereocenters. The van der Waals surface area contributed by atoms with Crippen LogP contribution in [-0.2, 0) is 57.1 Å². The van der Waals surface area contributed by atoms with Gasteiger partial charge in [-0.1, -0.05) is 221 Å². The van der Waals surface area contributed by atoms with Crippen molar-refractivity contribution in [2.45, 2.75) is 336 Å². The van der Waals surface area contributed by atoms with E-state index in [1.165, 1.54) is 128 Å². The van der Waals surface area contributed by atoms with E-state index < -0.39 is 24.5 Å². The van der Waals surface area contributed by atoms with Crippen LogP contribution in [0.15, 0.2) is 0 Å². The number of rotatable bonds is 65. The predicted molar refractivity (Wildman–Crippen MR) is 346 cm³/mol. The van der Waals surface area contributed by atoms with Crippen LogP contribution in [0.5, 0.6) is 0 Å². The van der Waals surface area contributed by atoms with E-state index in [0.29, 0.717) is 97.4 Å². The first-order chi connectivity index (χ1) is 42.0. The molecular weight excluding hydrogens is 1090 g/mol. The number of hydrogen-bond donors (Lipinski definition) is 0. The van der Waals surface area contributed by atoms with Crippen LogP contribution in [0, 0.1) is 0 Å². The molecule has 0 saturated carbocycles.